The number of aromatic nitrogens is 2. The van der Waals surface area contributed by atoms with Crippen molar-refractivity contribution in [2.75, 3.05) is 6.54 Å². The maximum absolute atomic E-state index is 11.6. The number of nitrogens with zero attached hydrogens (tertiary/aromatic N) is 1. The molecule has 86 valence electrons. The predicted molar refractivity (Wildman–Crippen MR) is 57.8 cm³/mol. The molecule has 0 bridgehead atoms. The molecule has 1 rings (SSSR count). The zero-order chi connectivity index (χ0) is 11.5. The zero-order valence-corrected chi connectivity index (χ0v) is 10.1. The summed E-state index contributed by atoms with van der Waals surface area (Å²) in [5, 5.41) is -0.0311. The van der Waals surface area contributed by atoms with Crippen molar-refractivity contribution in [3.05, 3.63) is 12.4 Å². The first-order valence-electron chi connectivity index (χ1n) is 4.80. The summed E-state index contributed by atoms with van der Waals surface area (Å²) < 4.78 is 25.6. The van der Waals surface area contributed by atoms with Gasteiger partial charge in [-0.3, -0.25) is 0 Å². The van der Waals surface area contributed by atoms with E-state index in [1.54, 1.807) is 0 Å². The lowest BCUT2D eigenvalue weighted by Gasteiger charge is -2.17. The van der Waals surface area contributed by atoms with Gasteiger partial charge in [0.05, 0.1) is 0 Å². The Balaban J connectivity index is 2.53. The first-order valence-corrected chi connectivity index (χ1v) is 6.29. The number of nitrogens with one attached hydrogen (secondary N) is 2. The fourth-order valence-electron chi connectivity index (χ4n) is 1.03. The molecule has 0 aliphatic heterocycles. The molecule has 0 atom stereocenters. The van der Waals surface area contributed by atoms with Gasteiger partial charge in [0.15, 0.2) is 0 Å². The third-order valence-electron chi connectivity index (χ3n) is 1.89. The highest BCUT2D eigenvalue weighted by molar-refractivity contribution is 7.89. The van der Waals surface area contributed by atoms with Gasteiger partial charge in [0.1, 0.15) is 0 Å². The van der Waals surface area contributed by atoms with Crippen molar-refractivity contribution in [3.63, 3.8) is 0 Å². The van der Waals surface area contributed by atoms with Crippen LogP contribution in [0.5, 0.6) is 0 Å². The summed E-state index contributed by atoms with van der Waals surface area (Å²) in [6.07, 6.45) is 3.68. The highest BCUT2D eigenvalue weighted by Gasteiger charge is 2.17. The molecule has 0 aromatic carbocycles. The lowest BCUT2D eigenvalue weighted by molar-refractivity contribution is 0.378. The zero-order valence-electron chi connectivity index (χ0n) is 9.24. The molecule has 6 heteroatoms. The predicted octanol–water partition coefficient (Wildman–Crippen LogP) is 1.12. The summed E-state index contributed by atoms with van der Waals surface area (Å²) in [6, 6.07) is 0. The molecule has 0 spiro atoms. The number of hydrogen-bond acceptors (Lipinski definition) is 3. The van der Waals surface area contributed by atoms with Gasteiger partial charge in [-0.2, -0.15) is 0 Å². The SMILES string of the molecule is CC(C)(C)CCNS(=O)(=O)c1ncc[nH]1. The van der Waals surface area contributed by atoms with E-state index in [1.807, 2.05) is 0 Å². The Morgan fingerprint density at radius 2 is 2.13 bits per heavy atom. The standard InChI is InChI=1S/C9H17N3O2S/c1-9(2,3)4-5-12-15(13,14)8-10-6-7-11-8/h6-7,12H,4-5H2,1-3H3,(H,10,11). The molecular formula is C9H17N3O2S. The van der Waals surface area contributed by atoms with Crippen molar-refractivity contribution in [1.29, 1.82) is 0 Å². The summed E-state index contributed by atoms with van der Waals surface area (Å²) in [7, 11) is -3.46. The van der Waals surface area contributed by atoms with Crippen molar-refractivity contribution in [2.45, 2.75) is 32.3 Å². The van der Waals surface area contributed by atoms with Gasteiger partial charge >= 0.3 is 0 Å². The van der Waals surface area contributed by atoms with E-state index in [9.17, 15) is 8.42 Å². The number of imidazole rings is 1. The molecule has 2 N–H and O–H groups in total. The summed E-state index contributed by atoms with van der Waals surface area (Å²) in [4.78, 5) is 6.26. The Morgan fingerprint density at radius 3 is 2.60 bits per heavy atom. The molecule has 0 fully saturated rings. The largest absolute Gasteiger partial charge is 0.334 e. The van der Waals surface area contributed by atoms with Crippen LogP contribution in [0.2, 0.25) is 0 Å². The summed E-state index contributed by atoms with van der Waals surface area (Å²) >= 11 is 0. The first-order chi connectivity index (χ1) is 6.81. The fourth-order valence-corrected chi connectivity index (χ4v) is 1.96. The average Bonchev–Trinajstić information content (AvgIpc) is 2.52. The van der Waals surface area contributed by atoms with Crippen LogP contribution in [0.3, 0.4) is 0 Å². The Kier molecular flexibility index (Phi) is 3.51. The number of sulfonamides is 1. The molecule has 1 aromatic rings. The number of aromatic amines is 1. The molecule has 0 saturated carbocycles. The average molecular weight is 231 g/mol. The van der Waals surface area contributed by atoms with Crippen LogP contribution in [0.25, 0.3) is 0 Å². The molecule has 0 radical (unpaired) electrons. The van der Waals surface area contributed by atoms with Crippen LogP contribution < -0.4 is 4.72 Å². The maximum Gasteiger partial charge on any atom is 0.274 e. The minimum absolute atomic E-state index is 0.0311. The van der Waals surface area contributed by atoms with E-state index in [-0.39, 0.29) is 10.6 Å². The molecule has 0 aliphatic carbocycles. The minimum atomic E-state index is -3.46. The van der Waals surface area contributed by atoms with E-state index in [4.69, 9.17) is 0 Å². The normalized spacial score (nSPS) is 13.0. The molecule has 0 aliphatic rings. The van der Waals surface area contributed by atoms with Crippen molar-refractivity contribution >= 4 is 10.0 Å². The van der Waals surface area contributed by atoms with Crippen LogP contribution >= 0.6 is 0 Å². The lowest BCUT2D eigenvalue weighted by Crippen LogP contribution is -2.28. The van der Waals surface area contributed by atoms with Gasteiger partial charge in [-0.15, -0.1) is 0 Å². The maximum atomic E-state index is 11.6. The van der Waals surface area contributed by atoms with Crippen molar-refractivity contribution in [2.24, 2.45) is 5.41 Å². The fraction of sp³-hybridized carbons (Fsp3) is 0.667. The van der Waals surface area contributed by atoms with Crippen LogP contribution in [0.4, 0.5) is 0 Å². The Labute approximate surface area is 90.4 Å². The highest BCUT2D eigenvalue weighted by atomic mass is 32.2. The van der Waals surface area contributed by atoms with E-state index in [1.165, 1.54) is 12.4 Å². The first kappa shape index (κ1) is 12.2. The Hall–Kier alpha value is -0.880. The highest BCUT2D eigenvalue weighted by Crippen LogP contribution is 2.17. The van der Waals surface area contributed by atoms with E-state index in [2.05, 4.69) is 35.5 Å². The van der Waals surface area contributed by atoms with Gasteiger partial charge in [0, 0.05) is 18.9 Å². The third kappa shape index (κ3) is 4.01. The van der Waals surface area contributed by atoms with Crippen LogP contribution in [-0.4, -0.2) is 24.9 Å². The van der Waals surface area contributed by atoms with Crippen molar-refractivity contribution in [3.8, 4) is 0 Å². The molecule has 15 heavy (non-hydrogen) atoms. The molecule has 1 heterocycles. The van der Waals surface area contributed by atoms with Gasteiger partial charge in [0.25, 0.3) is 10.0 Å². The number of hydrogen-bond donors (Lipinski definition) is 2. The van der Waals surface area contributed by atoms with Gasteiger partial charge in [-0.1, -0.05) is 20.8 Å². The summed E-state index contributed by atoms with van der Waals surface area (Å²) in [5.74, 6) is 0. The van der Waals surface area contributed by atoms with Crippen LogP contribution in [-0.2, 0) is 10.0 Å². The number of H-pyrrole nitrogens is 1. The molecular weight excluding hydrogens is 214 g/mol. The van der Waals surface area contributed by atoms with Gasteiger partial charge in [-0.25, -0.2) is 18.1 Å². The van der Waals surface area contributed by atoms with E-state index >= 15 is 0 Å². The lowest BCUT2D eigenvalue weighted by atomic mass is 9.93. The van der Waals surface area contributed by atoms with Gasteiger partial charge in [0.2, 0.25) is 5.16 Å². The monoisotopic (exact) mass is 231 g/mol. The van der Waals surface area contributed by atoms with E-state index in [0.29, 0.717) is 6.54 Å². The van der Waals surface area contributed by atoms with Crippen LogP contribution in [0, 0.1) is 5.41 Å². The minimum Gasteiger partial charge on any atom is -0.334 e. The Bertz CT molecular complexity index is 389. The van der Waals surface area contributed by atoms with Crippen LogP contribution in [0.1, 0.15) is 27.2 Å². The quantitative estimate of drug-likeness (QED) is 0.815. The van der Waals surface area contributed by atoms with E-state index < -0.39 is 10.0 Å². The molecule has 1 aromatic heterocycles. The Morgan fingerprint density at radius 1 is 1.47 bits per heavy atom. The molecule has 0 saturated heterocycles. The second-order valence-corrected chi connectivity index (χ2v) is 6.29. The van der Waals surface area contributed by atoms with Crippen molar-refractivity contribution in [1.82, 2.24) is 14.7 Å². The summed E-state index contributed by atoms with van der Waals surface area (Å²) in [5.41, 5.74) is 0.117. The van der Waals surface area contributed by atoms with Gasteiger partial charge < -0.3 is 4.98 Å². The molecule has 0 amide bonds. The second kappa shape index (κ2) is 4.32. The molecule has 0 unspecified atom stereocenters. The topological polar surface area (TPSA) is 74.8 Å². The van der Waals surface area contributed by atoms with Crippen LogP contribution in [0.15, 0.2) is 17.6 Å². The smallest absolute Gasteiger partial charge is 0.274 e. The van der Waals surface area contributed by atoms with Crippen molar-refractivity contribution < 1.29 is 8.42 Å². The number of rotatable bonds is 4. The second-order valence-electron chi connectivity index (χ2n) is 4.60. The molecule has 5 nitrogen and oxygen atoms in total. The van der Waals surface area contributed by atoms with E-state index in [0.717, 1.165) is 6.42 Å². The summed E-state index contributed by atoms with van der Waals surface area (Å²) in [6.45, 7) is 6.61. The third-order valence-corrected chi connectivity index (χ3v) is 3.21. The van der Waals surface area contributed by atoms with Gasteiger partial charge in [-0.05, 0) is 11.8 Å².